The van der Waals surface area contributed by atoms with Crippen LogP contribution >= 0.6 is 0 Å². The molecule has 6 rings (SSSR count). The Morgan fingerprint density at radius 2 is 1.22 bits per heavy atom. The molecule has 2 heterocycles. The lowest BCUT2D eigenvalue weighted by atomic mass is 9.98. The van der Waals surface area contributed by atoms with E-state index in [-0.39, 0.29) is 11.5 Å². The minimum atomic E-state index is 0.246. The summed E-state index contributed by atoms with van der Waals surface area (Å²) in [4.78, 5) is 9.70. The van der Waals surface area contributed by atoms with Crippen LogP contribution in [0.15, 0.2) is 109 Å². The smallest absolute Gasteiger partial charge is 0.126 e. The molecule has 0 radical (unpaired) electrons. The zero-order valence-corrected chi connectivity index (χ0v) is 23.0. The standard InChI is InChI=1S/C37H30N2O2/c1-24(20-29-9-4-6-13-36(29)40)33-19-17-28-15-14-26(23-35(28)39-33)22-31-11-7-10-30(37(31)41)21-25(2)32-18-16-27-8-3-5-12-34(27)38-32/h3-21,23,40-41H,22H2,1-2H3/b24-20+,25-21+. The number of hydrogen-bond acceptors (Lipinski definition) is 4. The van der Waals surface area contributed by atoms with Crippen LogP contribution in [0.25, 0.3) is 45.1 Å². The van der Waals surface area contributed by atoms with Crippen molar-refractivity contribution < 1.29 is 10.2 Å². The molecule has 6 aromatic rings. The van der Waals surface area contributed by atoms with Gasteiger partial charge in [-0.1, -0.05) is 78.9 Å². The monoisotopic (exact) mass is 534 g/mol. The largest absolute Gasteiger partial charge is 0.507 e. The fourth-order valence-electron chi connectivity index (χ4n) is 5.09. The highest BCUT2D eigenvalue weighted by atomic mass is 16.3. The molecule has 0 amide bonds. The van der Waals surface area contributed by atoms with E-state index in [0.717, 1.165) is 66.6 Å². The van der Waals surface area contributed by atoms with Gasteiger partial charge in [0.25, 0.3) is 0 Å². The van der Waals surface area contributed by atoms with Crippen molar-refractivity contribution in [1.29, 1.82) is 0 Å². The third-order valence-electron chi connectivity index (χ3n) is 7.39. The van der Waals surface area contributed by atoms with E-state index in [0.29, 0.717) is 6.42 Å². The molecule has 4 heteroatoms. The van der Waals surface area contributed by atoms with E-state index in [2.05, 4.69) is 36.4 Å². The Kier molecular flexibility index (Phi) is 7.05. The molecule has 200 valence electrons. The Hall–Kier alpha value is -5.22. The third-order valence-corrected chi connectivity index (χ3v) is 7.39. The van der Waals surface area contributed by atoms with Gasteiger partial charge in [-0.25, -0.2) is 9.97 Å². The van der Waals surface area contributed by atoms with Crippen molar-refractivity contribution in [1.82, 2.24) is 9.97 Å². The van der Waals surface area contributed by atoms with Crippen LogP contribution in [0.4, 0.5) is 0 Å². The van der Waals surface area contributed by atoms with E-state index in [1.807, 2.05) is 92.7 Å². The van der Waals surface area contributed by atoms with Crippen LogP contribution < -0.4 is 0 Å². The zero-order chi connectivity index (χ0) is 28.3. The van der Waals surface area contributed by atoms with Gasteiger partial charge in [0.1, 0.15) is 11.5 Å². The maximum absolute atomic E-state index is 11.2. The lowest BCUT2D eigenvalue weighted by Gasteiger charge is -2.10. The van der Waals surface area contributed by atoms with E-state index in [1.165, 1.54) is 0 Å². The Labute approximate surface area is 239 Å². The number of aromatic hydroxyl groups is 2. The van der Waals surface area contributed by atoms with Gasteiger partial charge in [-0.2, -0.15) is 0 Å². The van der Waals surface area contributed by atoms with Crippen LogP contribution in [0, 0.1) is 0 Å². The molecule has 0 bridgehead atoms. The van der Waals surface area contributed by atoms with Gasteiger partial charge in [0.2, 0.25) is 0 Å². The molecular formula is C37H30N2O2. The van der Waals surface area contributed by atoms with Crippen molar-refractivity contribution >= 4 is 45.1 Å². The van der Waals surface area contributed by atoms with Crippen LogP contribution in [-0.4, -0.2) is 20.2 Å². The average molecular weight is 535 g/mol. The number of fused-ring (bicyclic) bond motifs is 2. The number of hydrogen-bond donors (Lipinski definition) is 2. The number of aromatic nitrogens is 2. The molecule has 4 nitrogen and oxygen atoms in total. The van der Waals surface area contributed by atoms with Crippen molar-refractivity contribution in [2.45, 2.75) is 20.3 Å². The molecule has 2 aromatic heterocycles. The second kappa shape index (κ2) is 11.1. The molecule has 0 aliphatic carbocycles. The fourth-order valence-corrected chi connectivity index (χ4v) is 5.09. The molecule has 0 spiro atoms. The maximum atomic E-state index is 11.2. The minimum Gasteiger partial charge on any atom is -0.507 e. The Morgan fingerprint density at radius 3 is 2.00 bits per heavy atom. The first kappa shape index (κ1) is 26.0. The summed E-state index contributed by atoms with van der Waals surface area (Å²) in [6, 6.07) is 35.6. The summed E-state index contributed by atoms with van der Waals surface area (Å²) in [7, 11) is 0. The molecule has 2 N–H and O–H groups in total. The van der Waals surface area contributed by atoms with Crippen LogP contribution in [0.3, 0.4) is 0 Å². The van der Waals surface area contributed by atoms with Crippen LogP contribution in [0.5, 0.6) is 11.5 Å². The van der Waals surface area contributed by atoms with E-state index < -0.39 is 0 Å². The molecular weight excluding hydrogens is 504 g/mol. The Morgan fingerprint density at radius 1 is 0.610 bits per heavy atom. The lowest BCUT2D eigenvalue weighted by molar-refractivity contribution is 0.468. The summed E-state index contributed by atoms with van der Waals surface area (Å²) in [5.41, 5.74) is 8.97. The number of rotatable bonds is 6. The van der Waals surface area contributed by atoms with E-state index in [1.54, 1.807) is 6.07 Å². The van der Waals surface area contributed by atoms with Crippen molar-refractivity contribution in [2.24, 2.45) is 0 Å². The topological polar surface area (TPSA) is 66.2 Å². The zero-order valence-electron chi connectivity index (χ0n) is 23.0. The summed E-state index contributed by atoms with van der Waals surface area (Å²) in [5.74, 6) is 0.520. The normalized spacial score (nSPS) is 12.2. The highest BCUT2D eigenvalue weighted by Crippen LogP contribution is 2.30. The van der Waals surface area contributed by atoms with Crippen molar-refractivity contribution in [3.8, 4) is 11.5 Å². The number of phenols is 2. The number of nitrogens with zero attached hydrogens (tertiary/aromatic N) is 2. The molecule has 0 aliphatic heterocycles. The van der Waals surface area contributed by atoms with Gasteiger partial charge in [-0.3, -0.25) is 0 Å². The molecule has 0 fully saturated rings. The summed E-state index contributed by atoms with van der Waals surface area (Å²) in [6.45, 7) is 4.02. The molecule has 0 unspecified atom stereocenters. The van der Waals surface area contributed by atoms with E-state index >= 15 is 0 Å². The number of benzene rings is 4. The number of para-hydroxylation sites is 3. The quantitative estimate of drug-likeness (QED) is 0.224. The van der Waals surface area contributed by atoms with Gasteiger partial charge in [0, 0.05) is 28.3 Å². The Balaban J connectivity index is 1.27. The summed E-state index contributed by atoms with van der Waals surface area (Å²) < 4.78 is 0. The third kappa shape index (κ3) is 5.59. The SMILES string of the molecule is C/C(=C\c1cccc(Cc2ccc3ccc(/C(C)=C/c4ccccc4O)nc3c2)c1O)c1ccc2ccccc2n1. The van der Waals surface area contributed by atoms with E-state index in [9.17, 15) is 10.2 Å². The first-order valence-electron chi connectivity index (χ1n) is 13.7. The van der Waals surface area contributed by atoms with Crippen molar-refractivity contribution in [2.75, 3.05) is 0 Å². The van der Waals surface area contributed by atoms with Gasteiger partial charge in [0.05, 0.1) is 22.4 Å². The van der Waals surface area contributed by atoms with E-state index in [4.69, 9.17) is 9.97 Å². The van der Waals surface area contributed by atoms with Crippen molar-refractivity contribution in [3.63, 3.8) is 0 Å². The lowest BCUT2D eigenvalue weighted by Crippen LogP contribution is -1.93. The minimum absolute atomic E-state index is 0.246. The number of pyridine rings is 2. The highest BCUT2D eigenvalue weighted by Gasteiger charge is 2.10. The first-order chi connectivity index (χ1) is 19.9. The molecule has 0 saturated heterocycles. The Bertz CT molecular complexity index is 1970. The molecule has 0 atom stereocenters. The maximum Gasteiger partial charge on any atom is 0.126 e. The van der Waals surface area contributed by atoms with Gasteiger partial charge in [-0.05, 0) is 78.6 Å². The number of allylic oxidation sites excluding steroid dienone is 2. The first-order valence-corrected chi connectivity index (χ1v) is 13.7. The van der Waals surface area contributed by atoms with Gasteiger partial charge < -0.3 is 10.2 Å². The highest BCUT2D eigenvalue weighted by molar-refractivity contribution is 5.87. The molecule has 4 aromatic carbocycles. The summed E-state index contributed by atoms with van der Waals surface area (Å²) in [6.07, 6.45) is 4.51. The second-order valence-electron chi connectivity index (χ2n) is 10.4. The predicted molar refractivity (Wildman–Crippen MR) is 170 cm³/mol. The van der Waals surface area contributed by atoms with Gasteiger partial charge in [-0.15, -0.1) is 0 Å². The predicted octanol–water partition coefficient (Wildman–Crippen LogP) is 8.91. The molecule has 0 saturated carbocycles. The van der Waals surface area contributed by atoms with Gasteiger partial charge >= 0.3 is 0 Å². The summed E-state index contributed by atoms with van der Waals surface area (Å²) >= 11 is 0. The van der Waals surface area contributed by atoms with Gasteiger partial charge in [0.15, 0.2) is 0 Å². The number of phenolic OH excluding ortho intramolecular Hbond substituents is 2. The average Bonchev–Trinajstić information content (AvgIpc) is 2.99. The van der Waals surface area contributed by atoms with Crippen LogP contribution in [0.2, 0.25) is 0 Å². The second-order valence-corrected chi connectivity index (χ2v) is 10.4. The summed E-state index contributed by atoms with van der Waals surface area (Å²) in [5, 5.41) is 23.5. The molecule has 41 heavy (non-hydrogen) atoms. The molecule has 0 aliphatic rings. The fraction of sp³-hybridized carbons (Fsp3) is 0.0811. The van der Waals surface area contributed by atoms with Crippen LogP contribution in [-0.2, 0) is 6.42 Å². The van der Waals surface area contributed by atoms with Crippen molar-refractivity contribution in [3.05, 3.63) is 143 Å². The van der Waals surface area contributed by atoms with Crippen LogP contribution in [0.1, 0.15) is 47.5 Å².